The first-order valence-electron chi connectivity index (χ1n) is 8.62. The fourth-order valence-electron chi connectivity index (χ4n) is 4.06. The van der Waals surface area contributed by atoms with Crippen LogP contribution in [0.15, 0.2) is 0 Å². The van der Waals surface area contributed by atoms with Crippen molar-refractivity contribution in [1.82, 2.24) is 10.2 Å². The molecule has 2 aliphatic rings. The van der Waals surface area contributed by atoms with Gasteiger partial charge >= 0.3 is 6.18 Å². The van der Waals surface area contributed by atoms with Crippen LogP contribution in [-0.4, -0.2) is 40.8 Å². The van der Waals surface area contributed by atoms with Crippen molar-refractivity contribution < 1.29 is 13.2 Å². The van der Waals surface area contributed by atoms with E-state index >= 15 is 0 Å². The zero-order valence-electron chi connectivity index (χ0n) is 15.9. The van der Waals surface area contributed by atoms with Crippen LogP contribution >= 0.6 is 0 Å². The summed E-state index contributed by atoms with van der Waals surface area (Å²) in [5.41, 5.74) is -1.65. The van der Waals surface area contributed by atoms with Crippen LogP contribution in [0.5, 0.6) is 0 Å². The second-order valence-electron chi connectivity index (χ2n) is 10.2. The Bertz CT molecular complexity index is 456. The molecule has 136 valence electrons. The molecule has 1 heterocycles. The lowest BCUT2D eigenvalue weighted by Crippen LogP contribution is -2.53. The van der Waals surface area contributed by atoms with E-state index in [4.69, 9.17) is 0 Å². The Morgan fingerprint density at radius 1 is 0.957 bits per heavy atom. The molecule has 0 spiro atoms. The number of hydrogen-bond donors (Lipinski definition) is 1. The highest BCUT2D eigenvalue weighted by Crippen LogP contribution is 2.63. The van der Waals surface area contributed by atoms with Gasteiger partial charge in [-0.05, 0) is 52.9 Å². The van der Waals surface area contributed by atoms with E-state index in [2.05, 4.69) is 51.8 Å². The molecule has 1 saturated carbocycles. The lowest BCUT2D eigenvalue weighted by atomic mass is 9.80. The fourth-order valence-corrected chi connectivity index (χ4v) is 4.06. The summed E-state index contributed by atoms with van der Waals surface area (Å²) < 4.78 is 39.3. The Balaban J connectivity index is 2.15. The summed E-state index contributed by atoms with van der Waals surface area (Å²) in [6.07, 6.45) is -2.23. The molecule has 3 atom stereocenters. The Morgan fingerprint density at radius 2 is 1.48 bits per heavy atom. The average molecular weight is 334 g/mol. The predicted molar refractivity (Wildman–Crippen MR) is 88.4 cm³/mol. The summed E-state index contributed by atoms with van der Waals surface area (Å²) in [6.45, 7) is 16.3. The molecule has 1 aliphatic heterocycles. The minimum Gasteiger partial charge on any atom is -0.303 e. The summed E-state index contributed by atoms with van der Waals surface area (Å²) in [6, 6.07) is 0.820. The van der Waals surface area contributed by atoms with E-state index in [0.717, 1.165) is 12.8 Å². The quantitative estimate of drug-likeness (QED) is 0.812. The normalized spacial score (nSPS) is 33.0. The number of alkyl halides is 3. The molecule has 0 radical (unpaired) electrons. The molecule has 0 aromatic heterocycles. The van der Waals surface area contributed by atoms with Crippen LogP contribution in [0, 0.1) is 10.8 Å². The smallest absolute Gasteiger partial charge is 0.303 e. The maximum atomic E-state index is 13.1. The molecule has 1 N–H and O–H groups in total. The Morgan fingerprint density at radius 3 is 1.83 bits per heavy atom. The number of nitrogens with zero attached hydrogens (tertiary/aromatic N) is 1. The number of halogens is 3. The highest BCUT2D eigenvalue weighted by molar-refractivity contribution is 5.21. The van der Waals surface area contributed by atoms with Crippen molar-refractivity contribution >= 4 is 0 Å². The van der Waals surface area contributed by atoms with Gasteiger partial charge in [0, 0.05) is 29.6 Å². The lowest BCUT2D eigenvalue weighted by Gasteiger charge is -2.45. The topological polar surface area (TPSA) is 15.3 Å². The molecular formula is C18H33F3N2. The number of likely N-dealkylation sites (tertiary alicyclic amines) is 1. The number of piperidine rings is 1. The lowest BCUT2D eigenvalue weighted by molar-refractivity contribution is -0.186. The third-order valence-corrected chi connectivity index (χ3v) is 5.78. The molecule has 5 heteroatoms. The summed E-state index contributed by atoms with van der Waals surface area (Å²) in [4.78, 5) is 2.56. The SMILES string of the molecule is CC(C)(C)[C@@H]1C[C@@]2(CNC(C)(C)C(F)(F)F)CC2N1C(C)(C)C. The Hall–Kier alpha value is -0.290. The standard InChI is InChI=1S/C18H33F3N2/c1-14(2,3)12-9-17(10-13(17)23(12)15(4,5)6)11-22-16(7,8)18(19,20)21/h12-13,22H,9-11H2,1-8H3/t12-,13?,17-/m0/s1. The molecule has 0 amide bonds. The van der Waals surface area contributed by atoms with Gasteiger partial charge in [-0.2, -0.15) is 13.2 Å². The first kappa shape index (κ1) is 19.0. The van der Waals surface area contributed by atoms with Gasteiger partial charge < -0.3 is 5.32 Å². The summed E-state index contributed by atoms with van der Waals surface area (Å²) in [5, 5.41) is 2.82. The van der Waals surface area contributed by atoms with E-state index in [-0.39, 0.29) is 16.4 Å². The number of rotatable bonds is 3. The van der Waals surface area contributed by atoms with Gasteiger partial charge in [-0.3, -0.25) is 4.90 Å². The van der Waals surface area contributed by atoms with E-state index in [1.54, 1.807) is 0 Å². The van der Waals surface area contributed by atoms with E-state index in [1.807, 2.05) is 0 Å². The largest absolute Gasteiger partial charge is 0.406 e. The van der Waals surface area contributed by atoms with Crippen LogP contribution < -0.4 is 5.32 Å². The van der Waals surface area contributed by atoms with Gasteiger partial charge in [-0.1, -0.05) is 20.8 Å². The van der Waals surface area contributed by atoms with Gasteiger partial charge in [0.25, 0.3) is 0 Å². The van der Waals surface area contributed by atoms with Crippen molar-refractivity contribution in [1.29, 1.82) is 0 Å². The van der Waals surface area contributed by atoms with E-state index < -0.39 is 11.7 Å². The number of fused-ring (bicyclic) bond motifs is 1. The molecule has 0 aromatic rings. The average Bonchev–Trinajstić information content (AvgIpc) is 2.87. The van der Waals surface area contributed by atoms with Crippen LogP contribution in [0.3, 0.4) is 0 Å². The maximum Gasteiger partial charge on any atom is 0.406 e. The number of hydrogen-bond acceptors (Lipinski definition) is 2. The first-order chi connectivity index (χ1) is 10.0. The van der Waals surface area contributed by atoms with Crippen LogP contribution in [0.2, 0.25) is 0 Å². The first-order valence-corrected chi connectivity index (χ1v) is 8.62. The molecule has 2 rings (SSSR count). The molecule has 0 bridgehead atoms. The van der Waals surface area contributed by atoms with Gasteiger partial charge in [-0.25, -0.2) is 0 Å². The van der Waals surface area contributed by atoms with Crippen LogP contribution in [-0.2, 0) is 0 Å². The van der Waals surface area contributed by atoms with E-state index in [0.29, 0.717) is 18.6 Å². The zero-order valence-corrected chi connectivity index (χ0v) is 15.9. The Labute approximate surface area is 139 Å². The molecule has 1 saturated heterocycles. The van der Waals surface area contributed by atoms with Crippen molar-refractivity contribution in [2.24, 2.45) is 10.8 Å². The molecule has 0 aromatic carbocycles. The van der Waals surface area contributed by atoms with Gasteiger partial charge in [0.2, 0.25) is 0 Å². The molecule has 2 fully saturated rings. The van der Waals surface area contributed by atoms with Crippen molar-refractivity contribution in [3.8, 4) is 0 Å². The predicted octanol–water partition coefficient (Wildman–Crippen LogP) is 4.59. The fraction of sp³-hybridized carbons (Fsp3) is 1.00. The van der Waals surface area contributed by atoms with Crippen molar-refractivity contribution in [3.63, 3.8) is 0 Å². The third kappa shape index (κ3) is 3.41. The monoisotopic (exact) mass is 334 g/mol. The minimum absolute atomic E-state index is 0.00769. The molecule has 1 unspecified atom stereocenters. The minimum atomic E-state index is -4.22. The Kier molecular flexibility index (Phi) is 4.23. The van der Waals surface area contributed by atoms with E-state index in [1.165, 1.54) is 13.8 Å². The number of nitrogens with one attached hydrogen (secondary N) is 1. The summed E-state index contributed by atoms with van der Waals surface area (Å²) in [7, 11) is 0. The molecule has 23 heavy (non-hydrogen) atoms. The van der Waals surface area contributed by atoms with Gasteiger partial charge in [0.15, 0.2) is 0 Å². The van der Waals surface area contributed by atoms with Crippen LogP contribution in [0.4, 0.5) is 13.2 Å². The van der Waals surface area contributed by atoms with Crippen molar-refractivity contribution in [2.45, 2.75) is 97.6 Å². The highest BCUT2D eigenvalue weighted by atomic mass is 19.4. The van der Waals surface area contributed by atoms with E-state index in [9.17, 15) is 13.2 Å². The summed E-state index contributed by atoms with van der Waals surface area (Å²) in [5.74, 6) is 0. The maximum absolute atomic E-state index is 13.1. The second kappa shape index (κ2) is 5.10. The molecular weight excluding hydrogens is 301 g/mol. The van der Waals surface area contributed by atoms with Crippen LogP contribution in [0.1, 0.15) is 68.2 Å². The van der Waals surface area contributed by atoms with Crippen molar-refractivity contribution in [3.05, 3.63) is 0 Å². The van der Waals surface area contributed by atoms with Crippen LogP contribution in [0.25, 0.3) is 0 Å². The molecule has 1 aliphatic carbocycles. The molecule has 2 nitrogen and oxygen atoms in total. The van der Waals surface area contributed by atoms with Gasteiger partial charge in [0.1, 0.15) is 5.54 Å². The third-order valence-electron chi connectivity index (χ3n) is 5.78. The highest BCUT2D eigenvalue weighted by Gasteiger charge is 2.67. The summed E-state index contributed by atoms with van der Waals surface area (Å²) >= 11 is 0. The van der Waals surface area contributed by atoms with Gasteiger partial charge in [-0.15, -0.1) is 0 Å². The second-order valence-corrected chi connectivity index (χ2v) is 10.2. The van der Waals surface area contributed by atoms with Gasteiger partial charge in [0.05, 0.1) is 0 Å². The zero-order chi connectivity index (χ0) is 18.1. The van der Waals surface area contributed by atoms with Crippen molar-refractivity contribution in [2.75, 3.05) is 6.54 Å².